The molecule has 1 saturated heterocycles. The van der Waals surface area contributed by atoms with Crippen molar-refractivity contribution < 1.29 is 4.79 Å². The Hall–Kier alpha value is -3.16. The molecule has 1 atom stereocenters. The number of anilines is 2. The van der Waals surface area contributed by atoms with E-state index in [9.17, 15) is 9.59 Å². The summed E-state index contributed by atoms with van der Waals surface area (Å²) >= 11 is 0. The zero-order chi connectivity index (χ0) is 20.5. The maximum absolute atomic E-state index is 12.6. The quantitative estimate of drug-likeness (QED) is 0.735. The highest BCUT2D eigenvalue weighted by Crippen LogP contribution is 2.22. The Morgan fingerprint density at radius 2 is 2.03 bits per heavy atom. The summed E-state index contributed by atoms with van der Waals surface area (Å²) in [5.74, 6) is 0.828. The molecular formula is C21H26N6O2. The van der Waals surface area contributed by atoms with E-state index in [0.717, 1.165) is 41.0 Å². The van der Waals surface area contributed by atoms with Gasteiger partial charge in [0.2, 0.25) is 5.91 Å². The van der Waals surface area contributed by atoms with Gasteiger partial charge < -0.3 is 10.2 Å². The molecule has 0 spiro atoms. The molecule has 1 aliphatic rings. The lowest BCUT2D eigenvalue weighted by Gasteiger charge is -2.34. The number of nitrogens with zero attached hydrogens (tertiary/aromatic N) is 5. The number of aryl methyl sites for hydroxylation is 2. The highest BCUT2D eigenvalue weighted by molar-refractivity contribution is 5.90. The van der Waals surface area contributed by atoms with Crippen molar-refractivity contribution in [1.29, 1.82) is 0 Å². The summed E-state index contributed by atoms with van der Waals surface area (Å²) in [7, 11) is 0. The van der Waals surface area contributed by atoms with Gasteiger partial charge in [-0.2, -0.15) is 4.98 Å². The molecule has 2 aromatic heterocycles. The Labute approximate surface area is 169 Å². The number of aromatic nitrogens is 4. The Morgan fingerprint density at radius 3 is 2.79 bits per heavy atom. The van der Waals surface area contributed by atoms with Crippen LogP contribution in [0.25, 0.3) is 5.78 Å². The molecule has 1 N–H and O–H groups in total. The van der Waals surface area contributed by atoms with Crippen LogP contribution < -0.4 is 15.9 Å². The van der Waals surface area contributed by atoms with Gasteiger partial charge in [0.1, 0.15) is 12.4 Å². The van der Waals surface area contributed by atoms with E-state index in [1.165, 1.54) is 10.8 Å². The van der Waals surface area contributed by atoms with Crippen LogP contribution in [-0.2, 0) is 11.3 Å². The fourth-order valence-electron chi connectivity index (χ4n) is 3.75. The smallest absolute Gasteiger partial charge is 0.352 e. The topological polar surface area (TPSA) is 84.5 Å². The summed E-state index contributed by atoms with van der Waals surface area (Å²) in [4.78, 5) is 31.8. The molecule has 1 amide bonds. The third-order valence-corrected chi connectivity index (χ3v) is 5.62. The van der Waals surface area contributed by atoms with E-state index < -0.39 is 0 Å². The maximum Gasteiger partial charge on any atom is 0.352 e. The molecule has 1 aliphatic heterocycles. The number of amides is 1. The van der Waals surface area contributed by atoms with E-state index in [2.05, 4.69) is 27.2 Å². The zero-order valence-electron chi connectivity index (χ0n) is 17.1. The number of nitrogens with one attached hydrogen (secondary N) is 1. The number of piperidine rings is 1. The Bertz CT molecular complexity index is 1120. The number of hydrogen-bond donors (Lipinski definition) is 1. The minimum atomic E-state index is -0.374. The second-order valence-corrected chi connectivity index (χ2v) is 7.78. The van der Waals surface area contributed by atoms with Crippen molar-refractivity contribution in [3.05, 3.63) is 52.1 Å². The molecule has 0 aliphatic carbocycles. The fourth-order valence-corrected chi connectivity index (χ4v) is 3.75. The van der Waals surface area contributed by atoms with Crippen LogP contribution in [0.5, 0.6) is 0 Å². The molecule has 0 radical (unpaired) electrons. The van der Waals surface area contributed by atoms with Crippen molar-refractivity contribution in [3.8, 4) is 0 Å². The summed E-state index contributed by atoms with van der Waals surface area (Å²) in [5, 5.41) is 7.10. The summed E-state index contributed by atoms with van der Waals surface area (Å²) in [6, 6.07) is 7.97. The zero-order valence-corrected chi connectivity index (χ0v) is 17.1. The van der Waals surface area contributed by atoms with Crippen molar-refractivity contribution in [2.75, 3.05) is 16.8 Å². The minimum absolute atomic E-state index is 0.162. The predicted molar refractivity (Wildman–Crippen MR) is 112 cm³/mol. The van der Waals surface area contributed by atoms with Gasteiger partial charge in [0.05, 0.1) is 0 Å². The Balaban J connectivity index is 1.54. The molecule has 8 heteroatoms. The van der Waals surface area contributed by atoms with Crippen molar-refractivity contribution in [2.24, 2.45) is 0 Å². The number of benzene rings is 1. The molecule has 29 heavy (non-hydrogen) atoms. The maximum atomic E-state index is 12.6. The first kappa shape index (κ1) is 19.2. The highest BCUT2D eigenvalue weighted by atomic mass is 16.2. The molecule has 0 saturated carbocycles. The molecule has 4 rings (SSSR count). The van der Waals surface area contributed by atoms with E-state index in [0.29, 0.717) is 17.5 Å². The molecule has 1 fully saturated rings. The molecule has 0 bridgehead atoms. The summed E-state index contributed by atoms with van der Waals surface area (Å²) in [5.41, 5.74) is 2.58. The van der Waals surface area contributed by atoms with E-state index in [4.69, 9.17) is 0 Å². The van der Waals surface area contributed by atoms with E-state index in [-0.39, 0.29) is 18.1 Å². The van der Waals surface area contributed by atoms with Gasteiger partial charge in [0.15, 0.2) is 0 Å². The largest absolute Gasteiger partial charge is 0.354 e. The average Bonchev–Trinajstić information content (AvgIpc) is 3.00. The van der Waals surface area contributed by atoms with Crippen LogP contribution in [0, 0.1) is 13.8 Å². The minimum Gasteiger partial charge on any atom is -0.354 e. The van der Waals surface area contributed by atoms with Crippen LogP contribution in [0.2, 0.25) is 0 Å². The van der Waals surface area contributed by atoms with E-state index in [1.54, 1.807) is 6.20 Å². The number of hydrogen-bond acceptors (Lipinski definition) is 5. The van der Waals surface area contributed by atoms with Crippen LogP contribution in [0.15, 0.2) is 35.3 Å². The second-order valence-electron chi connectivity index (χ2n) is 7.78. The first-order valence-electron chi connectivity index (χ1n) is 10.0. The number of rotatable bonds is 4. The number of carbonyl (C=O) groups excluding carboxylic acids is 1. The second kappa shape index (κ2) is 7.69. The molecule has 1 aromatic carbocycles. The Morgan fingerprint density at radius 1 is 1.21 bits per heavy atom. The van der Waals surface area contributed by atoms with Gasteiger partial charge >= 0.3 is 5.69 Å². The monoisotopic (exact) mass is 394 g/mol. The third kappa shape index (κ3) is 3.87. The highest BCUT2D eigenvalue weighted by Gasteiger charge is 2.21. The predicted octanol–water partition coefficient (Wildman–Crippen LogP) is 2.53. The summed E-state index contributed by atoms with van der Waals surface area (Å²) in [6.45, 7) is 6.98. The van der Waals surface area contributed by atoms with E-state index in [1.807, 2.05) is 38.1 Å². The number of carbonyl (C=O) groups is 1. The van der Waals surface area contributed by atoms with Crippen molar-refractivity contribution in [2.45, 2.75) is 52.6 Å². The van der Waals surface area contributed by atoms with Crippen LogP contribution in [0.1, 0.15) is 37.3 Å². The van der Waals surface area contributed by atoms with Crippen LogP contribution in [0.4, 0.5) is 11.5 Å². The van der Waals surface area contributed by atoms with Gasteiger partial charge in [-0.15, -0.1) is 5.10 Å². The van der Waals surface area contributed by atoms with Gasteiger partial charge in [0.25, 0.3) is 5.78 Å². The lowest BCUT2D eigenvalue weighted by atomic mass is 10.0. The molecule has 3 heterocycles. The van der Waals surface area contributed by atoms with Crippen LogP contribution in [0.3, 0.4) is 0 Å². The first-order chi connectivity index (χ1) is 13.9. The lowest BCUT2D eigenvalue weighted by molar-refractivity contribution is -0.117. The van der Waals surface area contributed by atoms with Gasteiger partial charge in [0, 0.05) is 24.5 Å². The van der Waals surface area contributed by atoms with Gasteiger partial charge in [-0.25, -0.2) is 13.9 Å². The average molecular weight is 394 g/mol. The Kier molecular flexibility index (Phi) is 5.08. The van der Waals surface area contributed by atoms with Crippen LogP contribution in [-0.4, -0.2) is 37.7 Å². The standard InChI is InChI=1S/C21H26N6O2/c1-14-7-8-17(12-15(14)2)22-19(28)13-27-21(29)26-11-9-18(23-20(26)24-27)25-10-5-4-6-16(25)3/h7-9,11-12,16H,4-6,10,13H2,1-3H3,(H,22,28)/t16-/m0/s1. The molecule has 0 unspecified atom stereocenters. The third-order valence-electron chi connectivity index (χ3n) is 5.62. The van der Waals surface area contributed by atoms with Gasteiger partial charge in [-0.3, -0.25) is 4.79 Å². The normalized spacial score (nSPS) is 16.9. The number of fused-ring (bicyclic) bond motifs is 1. The van der Waals surface area contributed by atoms with Crippen molar-refractivity contribution in [1.82, 2.24) is 19.2 Å². The molecule has 8 nitrogen and oxygen atoms in total. The van der Waals surface area contributed by atoms with Crippen molar-refractivity contribution in [3.63, 3.8) is 0 Å². The first-order valence-corrected chi connectivity index (χ1v) is 10.0. The lowest BCUT2D eigenvalue weighted by Crippen LogP contribution is -2.38. The molecule has 152 valence electrons. The summed E-state index contributed by atoms with van der Waals surface area (Å²) in [6.07, 6.45) is 5.18. The van der Waals surface area contributed by atoms with Gasteiger partial charge in [-0.05, 0) is 69.4 Å². The van der Waals surface area contributed by atoms with Crippen LogP contribution >= 0.6 is 0 Å². The summed E-state index contributed by atoms with van der Waals surface area (Å²) < 4.78 is 2.53. The SMILES string of the molecule is Cc1ccc(NC(=O)Cn2nc3nc(N4CCCC[C@@H]4C)ccn3c2=O)cc1C. The van der Waals surface area contributed by atoms with Crippen molar-refractivity contribution >= 4 is 23.2 Å². The molecule has 3 aromatic rings. The fraction of sp³-hybridized carbons (Fsp3) is 0.429. The van der Waals surface area contributed by atoms with Gasteiger partial charge in [-0.1, -0.05) is 6.07 Å². The van der Waals surface area contributed by atoms with E-state index >= 15 is 0 Å². The molecular weight excluding hydrogens is 368 g/mol.